The molecule has 2 nitrogen and oxygen atoms in total. The Labute approximate surface area is 104 Å². The molecule has 0 unspecified atom stereocenters. The van der Waals surface area contributed by atoms with E-state index in [1.165, 1.54) is 0 Å². The molecule has 0 aliphatic carbocycles. The second-order valence-electron chi connectivity index (χ2n) is 4.91. The maximum absolute atomic E-state index is 5.94. The summed E-state index contributed by atoms with van der Waals surface area (Å²) in [4.78, 5) is 0. The van der Waals surface area contributed by atoms with Crippen molar-refractivity contribution < 1.29 is 9.47 Å². The molecule has 0 bridgehead atoms. The maximum atomic E-state index is 5.94. The molecule has 1 rings (SSSR count). The Hall–Kier alpha value is -0.513. The molecule has 0 fully saturated rings. The highest BCUT2D eigenvalue weighted by Gasteiger charge is 2.11. The predicted molar refractivity (Wildman–Crippen MR) is 71.1 cm³/mol. The Bertz CT molecular complexity index is 323. The zero-order chi connectivity index (χ0) is 12.0. The summed E-state index contributed by atoms with van der Waals surface area (Å²) in [5, 5.41) is 0.622. The van der Waals surface area contributed by atoms with Crippen molar-refractivity contribution >= 4 is 19.7 Å². The summed E-state index contributed by atoms with van der Waals surface area (Å²) in [5.74, 6) is 0.678. The maximum Gasteiger partial charge on any atom is 0.189 e. The summed E-state index contributed by atoms with van der Waals surface area (Å²) < 4.78 is 10.8. The van der Waals surface area contributed by atoms with Gasteiger partial charge in [-0.05, 0) is 18.2 Å². The van der Waals surface area contributed by atoms with Crippen LogP contribution in [0, 0.1) is 0 Å². The number of para-hydroxylation sites is 1. The second kappa shape index (κ2) is 6.28. The van der Waals surface area contributed by atoms with Gasteiger partial charge in [0.15, 0.2) is 6.79 Å². The highest BCUT2D eigenvalue weighted by atomic mass is 35.5. The number of benzene rings is 1. The molecule has 1 aromatic carbocycles. The molecule has 0 atom stereocenters. The standard InChI is InChI=1S/C12H19ClO2Si/c1-16(2,3)9-8-14-10-15-12-7-5-4-6-11(12)13/h4-7H,8-10H2,1-3H3. The third-order valence-electron chi connectivity index (χ3n) is 2.13. The monoisotopic (exact) mass is 258 g/mol. The fourth-order valence-electron chi connectivity index (χ4n) is 1.10. The van der Waals surface area contributed by atoms with E-state index < -0.39 is 8.07 Å². The Morgan fingerprint density at radius 2 is 1.88 bits per heavy atom. The molecule has 90 valence electrons. The van der Waals surface area contributed by atoms with Crippen molar-refractivity contribution in [1.29, 1.82) is 0 Å². The summed E-state index contributed by atoms with van der Waals surface area (Å²) in [7, 11) is -1.00. The van der Waals surface area contributed by atoms with Crippen molar-refractivity contribution in [2.75, 3.05) is 13.4 Å². The molecule has 0 aromatic heterocycles. The summed E-state index contributed by atoms with van der Waals surface area (Å²) >= 11 is 5.94. The summed E-state index contributed by atoms with van der Waals surface area (Å²) in [5.41, 5.74) is 0. The van der Waals surface area contributed by atoms with Crippen LogP contribution in [0.2, 0.25) is 30.7 Å². The van der Waals surface area contributed by atoms with Gasteiger partial charge in [0.05, 0.1) is 5.02 Å². The lowest BCUT2D eigenvalue weighted by Gasteiger charge is -2.15. The smallest absolute Gasteiger partial charge is 0.189 e. The fraction of sp³-hybridized carbons (Fsp3) is 0.500. The Kier molecular flexibility index (Phi) is 5.32. The second-order valence-corrected chi connectivity index (χ2v) is 10.9. The van der Waals surface area contributed by atoms with Crippen LogP contribution in [-0.4, -0.2) is 21.5 Å². The van der Waals surface area contributed by atoms with Gasteiger partial charge in [-0.2, -0.15) is 0 Å². The Morgan fingerprint density at radius 3 is 2.50 bits per heavy atom. The first kappa shape index (κ1) is 13.6. The molecule has 0 amide bonds. The fourth-order valence-corrected chi connectivity index (χ4v) is 2.05. The van der Waals surface area contributed by atoms with Gasteiger partial charge in [-0.1, -0.05) is 43.4 Å². The van der Waals surface area contributed by atoms with Crippen molar-refractivity contribution in [3.05, 3.63) is 29.3 Å². The van der Waals surface area contributed by atoms with Crippen LogP contribution in [0.15, 0.2) is 24.3 Å². The largest absolute Gasteiger partial charge is 0.466 e. The molecule has 0 N–H and O–H groups in total. The van der Waals surface area contributed by atoms with E-state index in [1.807, 2.05) is 18.2 Å². The molecule has 0 aliphatic heterocycles. The van der Waals surface area contributed by atoms with Crippen LogP contribution in [-0.2, 0) is 4.74 Å². The van der Waals surface area contributed by atoms with Gasteiger partial charge in [0.25, 0.3) is 0 Å². The molecular weight excluding hydrogens is 240 g/mol. The van der Waals surface area contributed by atoms with Crippen molar-refractivity contribution in [3.63, 3.8) is 0 Å². The minimum atomic E-state index is -1.00. The van der Waals surface area contributed by atoms with E-state index in [4.69, 9.17) is 21.1 Å². The molecular formula is C12H19ClO2Si. The van der Waals surface area contributed by atoms with Crippen LogP contribution in [0.4, 0.5) is 0 Å². The van der Waals surface area contributed by atoms with E-state index in [0.29, 0.717) is 10.8 Å². The van der Waals surface area contributed by atoms with E-state index in [9.17, 15) is 0 Å². The third-order valence-corrected chi connectivity index (χ3v) is 4.15. The molecule has 0 saturated carbocycles. The normalized spacial score (nSPS) is 11.5. The van der Waals surface area contributed by atoms with Gasteiger partial charge in [0.1, 0.15) is 5.75 Å². The van der Waals surface area contributed by atoms with Crippen LogP contribution < -0.4 is 4.74 Å². The molecule has 0 saturated heterocycles. The van der Waals surface area contributed by atoms with Gasteiger partial charge in [0, 0.05) is 14.7 Å². The van der Waals surface area contributed by atoms with E-state index >= 15 is 0 Å². The highest BCUT2D eigenvalue weighted by molar-refractivity contribution is 6.76. The minimum Gasteiger partial charge on any atom is -0.466 e. The lowest BCUT2D eigenvalue weighted by atomic mass is 10.3. The zero-order valence-electron chi connectivity index (χ0n) is 10.1. The van der Waals surface area contributed by atoms with Gasteiger partial charge in [0.2, 0.25) is 0 Å². The number of ether oxygens (including phenoxy) is 2. The first-order valence-electron chi connectivity index (χ1n) is 5.44. The van der Waals surface area contributed by atoms with Gasteiger partial charge in [-0.25, -0.2) is 0 Å². The average molecular weight is 259 g/mol. The quantitative estimate of drug-likeness (QED) is 0.436. The van der Waals surface area contributed by atoms with Crippen molar-refractivity contribution in [1.82, 2.24) is 0 Å². The first-order chi connectivity index (χ1) is 7.49. The predicted octanol–water partition coefficient (Wildman–Crippen LogP) is 4.03. The van der Waals surface area contributed by atoms with Gasteiger partial charge in [-0.15, -0.1) is 0 Å². The highest BCUT2D eigenvalue weighted by Crippen LogP contribution is 2.22. The van der Waals surface area contributed by atoms with Gasteiger partial charge < -0.3 is 9.47 Å². The van der Waals surface area contributed by atoms with Crippen molar-refractivity contribution in [3.8, 4) is 5.75 Å². The lowest BCUT2D eigenvalue weighted by molar-refractivity contribution is 0.0221. The van der Waals surface area contributed by atoms with Crippen LogP contribution in [0.1, 0.15) is 0 Å². The average Bonchev–Trinajstić information content (AvgIpc) is 2.18. The Balaban J connectivity index is 2.19. The first-order valence-corrected chi connectivity index (χ1v) is 9.53. The summed E-state index contributed by atoms with van der Waals surface area (Å²) in [6, 6.07) is 8.56. The molecule has 0 heterocycles. The number of halogens is 1. The van der Waals surface area contributed by atoms with E-state index in [2.05, 4.69) is 19.6 Å². The summed E-state index contributed by atoms with van der Waals surface area (Å²) in [6.07, 6.45) is 0. The van der Waals surface area contributed by atoms with Crippen LogP contribution in [0.3, 0.4) is 0 Å². The Morgan fingerprint density at radius 1 is 1.19 bits per heavy atom. The van der Waals surface area contributed by atoms with Crippen LogP contribution in [0.25, 0.3) is 0 Å². The molecule has 1 aromatic rings. The van der Waals surface area contributed by atoms with E-state index in [-0.39, 0.29) is 6.79 Å². The number of hydrogen-bond donors (Lipinski definition) is 0. The summed E-state index contributed by atoms with van der Waals surface area (Å²) in [6.45, 7) is 8.01. The molecule has 4 heteroatoms. The van der Waals surface area contributed by atoms with Crippen LogP contribution in [0.5, 0.6) is 5.75 Å². The molecule has 0 radical (unpaired) electrons. The minimum absolute atomic E-state index is 0.272. The third kappa shape index (κ3) is 5.54. The number of rotatable bonds is 6. The zero-order valence-corrected chi connectivity index (χ0v) is 11.9. The molecule has 0 aliphatic rings. The molecule has 16 heavy (non-hydrogen) atoms. The van der Waals surface area contributed by atoms with Crippen molar-refractivity contribution in [2.24, 2.45) is 0 Å². The number of hydrogen-bond acceptors (Lipinski definition) is 2. The molecule has 0 spiro atoms. The lowest BCUT2D eigenvalue weighted by Crippen LogP contribution is -2.22. The van der Waals surface area contributed by atoms with Crippen molar-refractivity contribution in [2.45, 2.75) is 25.7 Å². The topological polar surface area (TPSA) is 18.5 Å². The van der Waals surface area contributed by atoms with Gasteiger partial charge in [-0.3, -0.25) is 0 Å². The SMILES string of the molecule is C[Si](C)(C)CCOCOc1ccccc1Cl. The van der Waals surface area contributed by atoms with Gasteiger partial charge >= 0.3 is 0 Å². The van der Waals surface area contributed by atoms with E-state index in [0.717, 1.165) is 12.7 Å². The van der Waals surface area contributed by atoms with Crippen LogP contribution >= 0.6 is 11.6 Å². The van der Waals surface area contributed by atoms with E-state index in [1.54, 1.807) is 6.07 Å².